The van der Waals surface area contributed by atoms with Crippen LogP contribution >= 0.6 is 11.8 Å². The zero-order chi connectivity index (χ0) is 13.1. The van der Waals surface area contributed by atoms with Crippen LogP contribution in [0.4, 0.5) is 0 Å². The molecule has 1 amide bonds. The van der Waals surface area contributed by atoms with Crippen molar-refractivity contribution in [1.29, 1.82) is 0 Å². The van der Waals surface area contributed by atoms with E-state index in [0.717, 1.165) is 0 Å². The highest BCUT2D eigenvalue weighted by Crippen LogP contribution is 2.44. The van der Waals surface area contributed by atoms with Crippen LogP contribution < -0.4 is 16.2 Å². The van der Waals surface area contributed by atoms with E-state index in [9.17, 15) is 13.2 Å². The molecular formula is C9H16N4O3S2. The molecule has 0 aromatic heterocycles. The molecule has 102 valence electrons. The van der Waals surface area contributed by atoms with Crippen molar-refractivity contribution in [2.24, 2.45) is 5.92 Å². The van der Waals surface area contributed by atoms with Gasteiger partial charge in [-0.05, 0) is 7.05 Å². The van der Waals surface area contributed by atoms with Gasteiger partial charge in [0.2, 0.25) is 0 Å². The number of fused-ring (bicyclic) bond motifs is 3. The van der Waals surface area contributed by atoms with E-state index < -0.39 is 14.5 Å². The lowest BCUT2D eigenvalue weighted by atomic mass is 9.98. The lowest BCUT2D eigenvalue weighted by Crippen LogP contribution is -2.59. The summed E-state index contributed by atoms with van der Waals surface area (Å²) in [5, 5.41) is 3.24. The number of hydrogen-bond donors (Lipinski definition) is 3. The molecule has 0 aromatic carbocycles. The molecule has 0 aromatic rings. The van der Waals surface area contributed by atoms with Gasteiger partial charge in [0.25, 0.3) is 5.91 Å². The largest absolute Gasteiger partial charge is 0.290 e. The first-order valence-electron chi connectivity index (χ1n) is 5.74. The molecule has 3 fully saturated rings. The number of hydrazine groups is 1. The SMILES string of the molecule is CN1C2NC(S(C)(=O)=O)SC2C2CNNC(=O)C21. The Labute approximate surface area is 110 Å². The van der Waals surface area contributed by atoms with Gasteiger partial charge in [-0.3, -0.25) is 20.4 Å². The number of carbonyl (C=O) groups excluding carboxylic acids is 1. The van der Waals surface area contributed by atoms with Crippen molar-refractivity contribution in [3.05, 3.63) is 0 Å². The van der Waals surface area contributed by atoms with E-state index in [1.807, 2.05) is 11.9 Å². The van der Waals surface area contributed by atoms with Crippen molar-refractivity contribution < 1.29 is 13.2 Å². The van der Waals surface area contributed by atoms with Gasteiger partial charge in [0, 0.05) is 24.0 Å². The van der Waals surface area contributed by atoms with E-state index in [1.54, 1.807) is 0 Å². The Kier molecular flexibility index (Phi) is 2.87. The minimum absolute atomic E-state index is 0.0403. The topological polar surface area (TPSA) is 90.5 Å². The van der Waals surface area contributed by atoms with Crippen LogP contribution in [0.5, 0.6) is 0 Å². The molecule has 5 unspecified atom stereocenters. The summed E-state index contributed by atoms with van der Waals surface area (Å²) in [5.41, 5.74) is 5.50. The summed E-state index contributed by atoms with van der Waals surface area (Å²) in [6, 6.07) is -0.179. The van der Waals surface area contributed by atoms with E-state index in [0.29, 0.717) is 6.54 Å². The number of thioether (sulfide) groups is 1. The van der Waals surface area contributed by atoms with Crippen LogP contribution in [-0.2, 0) is 14.6 Å². The molecule has 3 heterocycles. The van der Waals surface area contributed by atoms with Gasteiger partial charge in [-0.2, -0.15) is 0 Å². The van der Waals surface area contributed by atoms with Gasteiger partial charge in [-0.15, -0.1) is 11.8 Å². The van der Waals surface area contributed by atoms with Crippen molar-refractivity contribution in [2.45, 2.75) is 22.2 Å². The fraction of sp³-hybridized carbons (Fsp3) is 0.889. The van der Waals surface area contributed by atoms with Gasteiger partial charge >= 0.3 is 0 Å². The number of carbonyl (C=O) groups is 1. The molecule has 3 N–H and O–H groups in total. The van der Waals surface area contributed by atoms with Crippen LogP contribution in [0, 0.1) is 5.92 Å². The summed E-state index contributed by atoms with van der Waals surface area (Å²) in [4.78, 5) is 13.8. The van der Waals surface area contributed by atoms with Gasteiger partial charge in [0.05, 0.1) is 12.2 Å². The van der Waals surface area contributed by atoms with E-state index in [-0.39, 0.29) is 29.3 Å². The summed E-state index contributed by atoms with van der Waals surface area (Å²) in [7, 11) is -1.25. The van der Waals surface area contributed by atoms with Gasteiger partial charge in [0.15, 0.2) is 14.5 Å². The van der Waals surface area contributed by atoms with Gasteiger partial charge in [-0.1, -0.05) is 0 Å². The van der Waals surface area contributed by atoms with Crippen molar-refractivity contribution >= 4 is 27.5 Å². The molecule has 0 aliphatic carbocycles. The second-order valence-corrected chi connectivity index (χ2v) is 8.73. The molecule has 0 saturated carbocycles. The van der Waals surface area contributed by atoms with Crippen LogP contribution in [0.15, 0.2) is 0 Å². The third kappa shape index (κ3) is 1.76. The summed E-state index contributed by atoms with van der Waals surface area (Å²) in [6.07, 6.45) is 1.18. The maximum absolute atomic E-state index is 11.8. The Bertz CT molecular complexity index is 482. The number of rotatable bonds is 1. The highest BCUT2D eigenvalue weighted by atomic mass is 32.3. The predicted octanol–water partition coefficient (Wildman–Crippen LogP) is -2.09. The molecule has 3 aliphatic heterocycles. The molecule has 5 atom stereocenters. The molecule has 18 heavy (non-hydrogen) atoms. The highest BCUT2D eigenvalue weighted by molar-refractivity contribution is 8.13. The quantitative estimate of drug-likeness (QED) is 0.510. The number of nitrogens with zero attached hydrogens (tertiary/aromatic N) is 1. The van der Waals surface area contributed by atoms with Gasteiger partial charge in [0.1, 0.15) is 0 Å². The average molecular weight is 292 g/mol. The fourth-order valence-electron chi connectivity index (χ4n) is 2.99. The van der Waals surface area contributed by atoms with Crippen LogP contribution in [0.1, 0.15) is 0 Å². The lowest BCUT2D eigenvalue weighted by Gasteiger charge is -2.31. The second kappa shape index (κ2) is 4.07. The first kappa shape index (κ1) is 12.7. The number of hydrogen-bond acceptors (Lipinski definition) is 7. The van der Waals surface area contributed by atoms with Crippen molar-refractivity contribution in [1.82, 2.24) is 21.1 Å². The minimum atomic E-state index is -3.12. The van der Waals surface area contributed by atoms with Crippen LogP contribution in [0.25, 0.3) is 0 Å². The summed E-state index contributed by atoms with van der Waals surface area (Å²) in [5.74, 6) is 0.0967. The monoisotopic (exact) mass is 292 g/mol. The van der Waals surface area contributed by atoms with Crippen LogP contribution in [0.3, 0.4) is 0 Å². The minimum Gasteiger partial charge on any atom is -0.290 e. The maximum atomic E-state index is 11.8. The van der Waals surface area contributed by atoms with Crippen molar-refractivity contribution in [3.63, 3.8) is 0 Å². The maximum Gasteiger partial charge on any atom is 0.251 e. The predicted molar refractivity (Wildman–Crippen MR) is 68.1 cm³/mol. The number of likely N-dealkylation sites (N-methyl/N-ethyl adjacent to an activating group) is 1. The molecule has 0 bridgehead atoms. The number of amides is 1. The third-order valence-corrected chi connectivity index (χ3v) is 7.41. The van der Waals surface area contributed by atoms with Gasteiger partial charge < -0.3 is 0 Å². The summed E-state index contributed by atoms with van der Waals surface area (Å²) < 4.78 is 22.6. The zero-order valence-electron chi connectivity index (χ0n) is 10.1. The van der Waals surface area contributed by atoms with Crippen molar-refractivity contribution in [3.8, 4) is 0 Å². The smallest absolute Gasteiger partial charge is 0.251 e. The Balaban J connectivity index is 1.86. The molecule has 3 rings (SSSR count). The Morgan fingerprint density at radius 2 is 2.17 bits per heavy atom. The number of nitrogens with one attached hydrogen (secondary N) is 3. The number of likely N-dealkylation sites (tertiary alicyclic amines) is 1. The third-order valence-electron chi connectivity index (χ3n) is 3.81. The molecular weight excluding hydrogens is 276 g/mol. The second-order valence-electron chi connectivity index (χ2n) is 5.02. The molecule has 3 saturated heterocycles. The highest BCUT2D eigenvalue weighted by Gasteiger charge is 2.57. The average Bonchev–Trinajstić information content (AvgIpc) is 2.80. The summed E-state index contributed by atoms with van der Waals surface area (Å²) in [6.45, 7) is 0.674. The van der Waals surface area contributed by atoms with E-state index in [1.165, 1.54) is 18.0 Å². The molecule has 7 nitrogen and oxygen atoms in total. The standard InChI is InChI=1S/C9H16N4O3S2/c1-13-5-4(3-10-12-8(5)14)6-7(13)11-9(17-6)18(2,15)16/h4-7,9-11H,3H2,1-2H3,(H,12,14). The Morgan fingerprint density at radius 1 is 1.44 bits per heavy atom. The normalized spacial score (nSPS) is 44.6. The van der Waals surface area contributed by atoms with Crippen molar-refractivity contribution in [2.75, 3.05) is 19.8 Å². The number of sulfone groups is 1. The van der Waals surface area contributed by atoms with Crippen LogP contribution in [0.2, 0.25) is 0 Å². The van der Waals surface area contributed by atoms with Crippen LogP contribution in [-0.4, -0.2) is 61.2 Å². The zero-order valence-corrected chi connectivity index (χ0v) is 11.7. The molecule has 0 spiro atoms. The first-order chi connectivity index (χ1) is 8.39. The van der Waals surface area contributed by atoms with E-state index in [4.69, 9.17) is 0 Å². The Morgan fingerprint density at radius 3 is 2.83 bits per heavy atom. The summed E-state index contributed by atoms with van der Waals surface area (Å²) >= 11 is 1.42. The fourth-order valence-corrected chi connectivity index (χ4v) is 5.94. The molecule has 9 heteroatoms. The van der Waals surface area contributed by atoms with Gasteiger partial charge in [-0.25, -0.2) is 13.8 Å². The Hall–Kier alpha value is -0.350. The first-order valence-corrected chi connectivity index (χ1v) is 8.64. The van der Waals surface area contributed by atoms with E-state index in [2.05, 4.69) is 16.2 Å². The molecule has 0 radical (unpaired) electrons. The lowest BCUT2D eigenvalue weighted by molar-refractivity contribution is -0.129. The van der Waals surface area contributed by atoms with E-state index >= 15 is 0 Å². The molecule has 3 aliphatic rings.